The van der Waals surface area contributed by atoms with E-state index in [9.17, 15) is 9.59 Å². The molecular formula is C14H12N2O3. The Balaban J connectivity index is 2.18. The monoisotopic (exact) mass is 256 g/mol. The van der Waals surface area contributed by atoms with E-state index < -0.39 is 5.97 Å². The van der Waals surface area contributed by atoms with Crippen LogP contribution in [0.2, 0.25) is 0 Å². The van der Waals surface area contributed by atoms with Gasteiger partial charge in [-0.3, -0.25) is 4.79 Å². The Hall–Kier alpha value is -2.82. The van der Waals surface area contributed by atoms with Gasteiger partial charge in [-0.2, -0.15) is 0 Å². The Labute approximate surface area is 109 Å². The van der Waals surface area contributed by atoms with Crippen molar-refractivity contribution in [3.8, 4) is 0 Å². The number of aromatic carboxylic acids is 1. The van der Waals surface area contributed by atoms with Crippen molar-refractivity contribution < 1.29 is 14.7 Å². The smallest absolute Gasteiger partial charge is 0.335 e. The molecule has 1 amide bonds. The molecule has 0 aliphatic carbocycles. The number of anilines is 2. The summed E-state index contributed by atoms with van der Waals surface area (Å²) in [6.07, 6.45) is 0. The molecule has 5 nitrogen and oxygen atoms in total. The Morgan fingerprint density at radius 2 is 1.63 bits per heavy atom. The maximum absolute atomic E-state index is 11.9. The number of nitrogens with one attached hydrogen (secondary N) is 1. The Morgan fingerprint density at radius 3 is 2.26 bits per heavy atom. The van der Waals surface area contributed by atoms with Crippen LogP contribution in [-0.2, 0) is 0 Å². The molecule has 2 rings (SSSR count). The zero-order valence-corrected chi connectivity index (χ0v) is 9.96. The topological polar surface area (TPSA) is 92.4 Å². The highest BCUT2D eigenvalue weighted by atomic mass is 16.4. The minimum Gasteiger partial charge on any atom is -0.478 e. The van der Waals surface area contributed by atoms with E-state index in [2.05, 4.69) is 5.32 Å². The number of carboxylic acids is 1. The summed E-state index contributed by atoms with van der Waals surface area (Å²) in [5.41, 5.74) is 7.11. The number of benzene rings is 2. The number of carbonyl (C=O) groups is 2. The number of rotatable bonds is 3. The molecule has 0 aromatic heterocycles. The lowest BCUT2D eigenvalue weighted by Gasteiger charge is -2.06. The Morgan fingerprint density at radius 1 is 1.00 bits per heavy atom. The van der Waals surface area contributed by atoms with Crippen molar-refractivity contribution in [2.75, 3.05) is 11.1 Å². The van der Waals surface area contributed by atoms with Crippen molar-refractivity contribution in [3.63, 3.8) is 0 Å². The molecule has 0 spiro atoms. The highest BCUT2D eigenvalue weighted by Crippen LogP contribution is 2.13. The summed E-state index contributed by atoms with van der Waals surface area (Å²) in [4.78, 5) is 22.8. The second-order valence-corrected chi connectivity index (χ2v) is 3.96. The molecule has 19 heavy (non-hydrogen) atoms. The third-order valence-corrected chi connectivity index (χ3v) is 2.54. The molecule has 0 bridgehead atoms. The van der Waals surface area contributed by atoms with Crippen LogP contribution in [0.15, 0.2) is 48.5 Å². The van der Waals surface area contributed by atoms with E-state index in [0.717, 1.165) is 0 Å². The molecule has 0 aliphatic heterocycles. The molecular weight excluding hydrogens is 244 g/mol. The van der Waals surface area contributed by atoms with Gasteiger partial charge in [0.1, 0.15) is 0 Å². The molecule has 2 aromatic rings. The summed E-state index contributed by atoms with van der Waals surface area (Å²) >= 11 is 0. The van der Waals surface area contributed by atoms with E-state index in [-0.39, 0.29) is 17.0 Å². The summed E-state index contributed by atoms with van der Waals surface area (Å²) in [5.74, 6) is -1.44. The van der Waals surface area contributed by atoms with Crippen molar-refractivity contribution in [2.45, 2.75) is 0 Å². The van der Waals surface area contributed by atoms with Gasteiger partial charge in [0, 0.05) is 16.9 Å². The highest BCUT2D eigenvalue weighted by molar-refractivity contribution is 6.05. The SMILES string of the molecule is Nc1ccc(NC(=O)c2cccc(C(=O)O)c2)cc1. The summed E-state index contributed by atoms with van der Waals surface area (Å²) in [7, 11) is 0. The largest absolute Gasteiger partial charge is 0.478 e. The molecule has 0 heterocycles. The van der Waals surface area contributed by atoms with E-state index in [1.807, 2.05) is 0 Å². The summed E-state index contributed by atoms with van der Waals surface area (Å²) < 4.78 is 0. The predicted molar refractivity (Wildman–Crippen MR) is 72.2 cm³/mol. The fraction of sp³-hybridized carbons (Fsp3) is 0. The first-order chi connectivity index (χ1) is 9.06. The normalized spacial score (nSPS) is 9.89. The molecule has 0 fully saturated rings. The molecule has 0 radical (unpaired) electrons. The van der Waals surface area contributed by atoms with Crippen LogP contribution < -0.4 is 11.1 Å². The van der Waals surface area contributed by atoms with Gasteiger partial charge in [-0.05, 0) is 42.5 Å². The van der Waals surface area contributed by atoms with Gasteiger partial charge in [0.15, 0.2) is 0 Å². The quantitative estimate of drug-likeness (QED) is 0.734. The number of carboxylic acid groups (broad SMARTS) is 1. The lowest BCUT2D eigenvalue weighted by atomic mass is 10.1. The van der Waals surface area contributed by atoms with E-state index in [4.69, 9.17) is 10.8 Å². The van der Waals surface area contributed by atoms with Crippen LogP contribution in [0.4, 0.5) is 11.4 Å². The van der Waals surface area contributed by atoms with Gasteiger partial charge in [-0.1, -0.05) is 6.07 Å². The van der Waals surface area contributed by atoms with Crippen molar-refractivity contribution in [1.29, 1.82) is 0 Å². The van der Waals surface area contributed by atoms with Crippen molar-refractivity contribution in [1.82, 2.24) is 0 Å². The number of hydrogen-bond acceptors (Lipinski definition) is 3. The van der Waals surface area contributed by atoms with E-state index in [1.54, 1.807) is 30.3 Å². The predicted octanol–water partition coefficient (Wildman–Crippen LogP) is 2.22. The minimum atomic E-state index is -1.07. The fourth-order valence-electron chi connectivity index (χ4n) is 1.56. The molecule has 5 heteroatoms. The number of nitrogens with two attached hydrogens (primary N) is 1. The Kier molecular flexibility index (Phi) is 3.47. The van der Waals surface area contributed by atoms with Crippen LogP contribution in [0.5, 0.6) is 0 Å². The van der Waals surface area contributed by atoms with E-state index in [1.165, 1.54) is 18.2 Å². The molecule has 0 unspecified atom stereocenters. The zero-order chi connectivity index (χ0) is 13.8. The van der Waals surface area contributed by atoms with Gasteiger partial charge in [0.05, 0.1) is 5.56 Å². The lowest BCUT2D eigenvalue weighted by Crippen LogP contribution is -2.12. The maximum atomic E-state index is 11.9. The van der Waals surface area contributed by atoms with Crippen LogP contribution in [0.3, 0.4) is 0 Å². The zero-order valence-electron chi connectivity index (χ0n) is 9.96. The average molecular weight is 256 g/mol. The van der Waals surface area contributed by atoms with Gasteiger partial charge in [0.2, 0.25) is 0 Å². The highest BCUT2D eigenvalue weighted by Gasteiger charge is 2.09. The van der Waals surface area contributed by atoms with Crippen molar-refractivity contribution in [2.24, 2.45) is 0 Å². The van der Waals surface area contributed by atoms with Gasteiger partial charge in [0.25, 0.3) is 5.91 Å². The molecule has 0 atom stereocenters. The second kappa shape index (κ2) is 5.22. The molecule has 0 aliphatic rings. The molecule has 2 aromatic carbocycles. The molecule has 0 saturated carbocycles. The first kappa shape index (κ1) is 12.6. The summed E-state index contributed by atoms with van der Waals surface area (Å²) in [6.45, 7) is 0. The van der Waals surface area contributed by atoms with Crippen molar-refractivity contribution >= 4 is 23.3 Å². The third kappa shape index (κ3) is 3.10. The average Bonchev–Trinajstić information content (AvgIpc) is 2.41. The minimum absolute atomic E-state index is 0.0740. The summed E-state index contributed by atoms with van der Waals surface area (Å²) in [5, 5.41) is 11.5. The first-order valence-electron chi connectivity index (χ1n) is 5.56. The van der Waals surface area contributed by atoms with Crippen molar-refractivity contribution in [3.05, 3.63) is 59.7 Å². The van der Waals surface area contributed by atoms with Gasteiger partial charge in [-0.15, -0.1) is 0 Å². The fourth-order valence-corrected chi connectivity index (χ4v) is 1.56. The molecule has 96 valence electrons. The van der Waals surface area contributed by atoms with Gasteiger partial charge < -0.3 is 16.2 Å². The van der Waals surface area contributed by atoms with E-state index >= 15 is 0 Å². The third-order valence-electron chi connectivity index (χ3n) is 2.54. The molecule has 4 N–H and O–H groups in total. The van der Waals surface area contributed by atoms with Crippen LogP contribution in [0, 0.1) is 0 Å². The second-order valence-electron chi connectivity index (χ2n) is 3.96. The Bertz CT molecular complexity index is 621. The lowest BCUT2D eigenvalue weighted by molar-refractivity contribution is 0.0697. The molecule has 0 saturated heterocycles. The number of hydrogen-bond donors (Lipinski definition) is 3. The summed E-state index contributed by atoms with van der Waals surface area (Å²) in [6, 6.07) is 12.5. The van der Waals surface area contributed by atoms with Gasteiger partial charge >= 0.3 is 5.97 Å². The standard InChI is InChI=1S/C14H12N2O3/c15-11-4-6-12(7-5-11)16-13(17)9-2-1-3-10(8-9)14(18)19/h1-8H,15H2,(H,16,17)(H,18,19). The number of amides is 1. The number of nitrogen functional groups attached to an aromatic ring is 1. The van der Waals surface area contributed by atoms with Crippen LogP contribution >= 0.6 is 0 Å². The van der Waals surface area contributed by atoms with Gasteiger partial charge in [-0.25, -0.2) is 4.79 Å². The number of carbonyl (C=O) groups excluding carboxylic acids is 1. The van der Waals surface area contributed by atoms with Crippen LogP contribution in [-0.4, -0.2) is 17.0 Å². The van der Waals surface area contributed by atoms with E-state index in [0.29, 0.717) is 11.4 Å². The first-order valence-corrected chi connectivity index (χ1v) is 5.56. The van der Waals surface area contributed by atoms with Crippen LogP contribution in [0.25, 0.3) is 0 Å². The van der Waals surface area contributed by atoms with Crippen LogP contribution in [0.1, 0.15) is 20.7 Å². The maximum Gasteiger partial charge on any atom is 0.335 e.